The van der Waals surface area contributed by atoms with E-state index in [0.29, 0.717) is 0 Å². The minimum Gasteiger partial charge on any atom is -0.387 e. The highest BCUT2D eigenvalue weighted by molar-refractivity contribution is 5.85. The third-order valence-corrected chi connectivity index (χ3v) is 2.14. The van der Waals surface area contributed by atoms with E-state index in [2.05, 4.69) is 5.32 Å². The summed E-state index contributed by atoms with van der Waals surface area (Å²) < 4.78 is 12.5. The summed E-state index contributed by atoms with van der Waals surface area (Å²) in [6.45, 7) is 1.87. The van der Waals surface area contributed by atoms with Crippen LogP contribution in [0.15, 0.2) is 24.3 Å². The average molecular weight is 220 g/mol. The van der Waals surface area contributed by atoms with Crippen molar-refractivity contribution in [3.05, 3.63) is 35.6 Å². The van der Waals surface area contributed by atoms with Crippen molar-refractivity contribution in [1.82, 2.24) is 5.32 Å². The van der Waals surface area contributed by atoms with Gasteiger partial charge in [-0.15, -0.1) is 12.4 Å². The van der Waals surface area contributed by atoms with Gasteiger partial charge in [-0.25, -0.2) is 4.39 Å². The summed E-state index contributed by atoms with van der Waals surface area (Å²) in [4.78, 5) is 0. The van der Waals surface area contributed by atoms with Gasteiger partial charge >= 0.3 is 0 Å². The van der Waals surface area contributed by atoms with Gasteiger partial charge in [0.15, 0.2) is 0 Å². The zero-order valence-corrected chi connectivity index (χ0v) is 9.01. The minimum atomic E-state index is -0.592. The zero-order valence-electron chi connectivity index (χ0n) is 8.20. The molecule has 14 heavy (non-hydrogen) atoms. The van der Waals surface area contributed by atoms with Crippen molar-refractivity contribution in [3.63, 3.8) is 0 Å². The van der Waals surface area contributed by atoms with Crippen LogP contribution in [-0.2, 0) is 0 Å². The fourth-order valence-corrected chi connectivity index (χ4v) is 1.11. The van der Waals surface area contributed by atoms with Crippen LogP contribution in [0.25, 0.3) is 0 Å². The Morgan fingerprint density at radius 3 is 2.21 bits per heavy atom. The maximum absolute atomic E-state index is 12.5. The Labute approximate surface area is 89.6 Å². The first kappa shape index (κ1) is 13.4. The molecule has 0 heterocycles. The van der Waals surface area contributed by atoms with Gasteiger partial charge in [0, 0.05) is 6.04 Å². The molecule has 0 saturated carbocycles. The second-order valence-corrected chi connectivity index (χ2v) is 3.07. The number of halogens is 2. The van der Waals surface area contributed by atoms with Crippen LogP contribution in [0, 0.1) is 5.82 Å². The molecule has 2 N–H and O–H groups in total. The average Bonchev–Trinajstić information content (AvgIpc) is 2.17. The maximum atomic E-state index is 12.5. The molecule has 1 aromatic carbocycles. The van der Waals surface area contributed by atoms with E-state index in [-0.39, 0.29) is 24.3 Å². The fourth-order valence-electron chi connectivity index (χ4n) is 1.11. The lowest BCUT2D eigenvalue weighted by Crippen LogP contribution is -2.28. The van der Waals surface area contributed by atoms with Crippen LogP contribution >= 0.6 is 12.4 Å². The van der Waals surface area contributed by atoms with E-state index in [0.717, 1.165) is 5.56 Å². The number of hydrogen-bond acceptors (Lipinski definition) is 2. The van der Waals surface area contributed by atoms with E-state index >= 15 is 0 Å². The molecule has 0 radical (unpaired) electrons. The Morgan fingerprint density at radius 1 is 1.29 bits per heavy atom. The van der Waals surface area contributed by atoms with Gasteiger partial charge < -0.3 is 10.4 Å². The van der Waals surface area contributed by atoms with Crippen molar-refractivity contribution in [3.8, 4) is 0 Å². The Bertz CT molecular complexity index is 265. The zero-order chi connectivity index (χ0) is 9.84. The van der Waals surface area contributed by atoms with E-state index in [1.807, 2.05) is 6.92 Å². The Morgan fingerprint density at radius 2 is 1.79 bits per heavy atom. The molecular weight excluding hydrogens is 205 g/mol. The van der Waals surface area contributed by atoms with Crippen LogP contribution in [0.5, 0.6) is 0 Å². The smallest absolute Gasteiger partial charge is 0.123 e. The Balaban J connectivity index is 0.00000169. The second-order valence-electron chi connectivity index (χ2n) is 3.07. The van der Waals surface area contributed by atoms with Crippen molar-refractivity contribution in [2.45, 2.75) is 19.1 Å². The molecule has 0 amide bonds. The topological polar surface area (TPSA) is 32.3 Å². The van der Waals surface area contributed by atoms with E-state index in [1.165, 1.54) is 12.1 Å². The van der Waals surface area contributed by atoms with Gasteiger partial charge in [0.1, 0.15) is 5.82 Å². The lowest BCUT2D eigenvalue weighted by molar-refractivity contribution is 0.140. The highest BCUT2D eigenvalue weighted by Crippen LogP contribution is 2.16. The van der Waals surface area contributed by atoms with Gasteiger partial charge in [0.25, 0.3) is 0 Å². The molecular formula is C10H15ClFNO. The predicted molar refractivity (Wildman–Crippen MR) is 57.1 cm³/mol. The van der Waals surface area contributed by atoms with Gasteiger partial charge in [-0.1, -0.05) is 12.1 Å². The molecule has 1 rings (SSSR count). The van der Waals surface area contributed by atoms with E-state index in [4.69, 9.17) is 0 Å². The molecule has 0 saturated heterocycles. The summed E-state index contributed by atoms with van der Waals surface area (Å²) in [5, 5.41) is 12.6. The fraction of sp³-hybridized carbons (Fsp3) is 0.400. The van der Waals surface area contributed by atoms with Crippen molar-refractivity contribution < 1.29 is 9.50 Å². The van der Waals surface area contributed by atoms with E-state index in [9.17, 15) is 9.50 Å². The molecule has 80 valence electrons. The third-order valence-electron chi connectivity index (χ3n) is 2.14. The maximum Gasteiger partial charge on any atom is 0.123 e. The number of benzene rings is 1. The number of likely N-dealkylation sites (N-methyl/N-ethyl adjacent to an activating group) is 1. The SMILES string of the molecule is CN[C@H](C)[C@H](O)c1ccc(F)cc1.Cl. The van der Waals surface area contributed by atoms with Gasteiger partial charge in [0.2, 0.25) is 0 Å². The van der Waals surface area contributed by atoms with Gasteiger partial charge in [-0.3, -0.25) is 0 Å². The molecule has 4 heteroatoms. The summed E-state index contributed by atoms with van der Waals surface area (Å²) in [6.07, 6.45) is -0.592. The van der Waals surface area contributed by atoms with Gasteiger partial charge in [0.05, 0.1) is 6.10 Å². The molecule has 1 aromatic rings. The number of hydrogen-bond donors (Lipinski definition) is 2. The van der Waals surface area contributed by atoms with Crippen LogP contribution in [-0.4, -0.2) is 18.2 Å². The highest BCUT2D eigenvalue weighted by Gasteiger charge is 2.13. The lowest BCUT2D eigenvalue weighted by Gasteiger charge is -2.18. The first-order chi connectivity index (χ1) is 6.15. The molecule has 0 aromatic heterocycles. The summed E-state index contributed by atoms with van der Waals surface area (Å²) in [6, 6.07) is 5.84. The lowest BCUT2D eigenvalue weighted by atomic mass is 10.0. The van der Waals surface area contributed by atoms with Crippen molar-refractivity contribution in [1.29, 1.82) is 0 Å². The molecule has 0 spiro atoms. The molecule has 0 fully saturated rings. The molecule has 2 atom stereocenters. The van der Waals surface area contributed by atoms with E-state index < -0.39 is 6.10 Å². The van der Waals surface area contributed by atoms with E-state index in [1.54, 1.807) is 19.2 Å². The Kier molecular flexibility index (Phi) is 5.69. The van der Waals surface area contributed by atoms with Crippen LogP contribution < -0.4 is 5.32 Å². The quantitative estimate of drug-likeness (QED) is 0.814. The second kappa shape index (κ2) is 5.96. The van der Waals surface area contributed by atoms with Gasteiger partial charge in [-0.05, 0) is 31.7 Å². The van der Waals surface area contributed by atoms with Crippen LogP contribution in [0.1, 0.15) is 18.6 Å². The molecule has 0 aliphatic carbocycles. The standard InChI is InChI=1S/C10H14FNO.ClH/c1-7(12-2)10(13)8-3-5-9(11)6-4-8;/h3-7,10,12-13H,1-2H3;1H/t7-,10+;/m1./s1. The van der Waals surface area contributed by atoms with Gasteiger partial charge in [-0.2, -0.15) is 0 Å². The minimum absolute atomic E-state index is 0. The highest BCUT2D eigenvalue weighted by atomic mass is 35.5. The van der Waals surface area contributed by atoms with Crippen LogP contribution in [0.2, 0.25) is 0 Å². The summed E-state index contributed by atoms with van der Waals surface area (Å²) in [7, 11) is 1.78. The molecule has 0 unspecified atom stereocenters. The summed E-state index contributed by atoms with van der Waals surface area (Å²) in [5.74, 6) is -0.284. The van der Waals surface area contributed by atoms with Crippen LogP contribution in [0.3, 0.4) is 0 Å². The number of aliphatic hydroxyl groups is 1. The van der Waals surface area contributed by atoms with Crippen molar-refractivity contribution in [2.24, 2.45) is 0 Å². The molecule has 0 bridgehead atoms. The molecule has 2 nitrogen and oxygen atoms in total. The largest absolute Gasteiger partial charge is 0.387 e. The van der Waals surface area contributed by atoms with Crippen molar-refractivity contribution in [2.75, 3.05) is 7.05 Å². The monoisotopic (exact) mass is 219 g/mol. The number of aliphatic hydroxyl groups excluding tert-OH is 1. The third kappa shape index (κ3) is 3.25. The number of rotatable bonds is 3. The summed E-state index contributed by atoms with van der Waals surface area (Å²) >= 11 is 0. The molecule has 0 aliphatic heterocycles. The first-order valence-electron chi connectivity index (χ1n) is 4.26. The normalized spacial score (nSPS) is 14.3. The number of nitrogens with one attached hydrogen (secondary N) is 1. The Hall–Kier alpha value is -0.640. The summed E-state index contributed by atoms with van der Waals surface area (Å²) in [5.41, 5.74) is 0.725. The van der Waals surface area contributed by atoms with Crippen molar-refractivity contribution >= 4 is 12.4 Å². The molecule has 0 aliphatic rings. The van der Waals surface area contributed by atoms with Crippen LogP contribution in [0.4, 0.5) is 4.39 Å². The predicted octanol–water partition coefficient (Wildman–Crippen LogP) is 1.89. The first-order valence-corrected chi connectivity index (χ1v) is 4.26.